The molecular formula is C56H42ClN6O5+. The van der Waals surface area contributed by atoms with Gasteiger partial charge in [-0.25, -0.2) is 4.79 Å². The Balaban J connectivity index is 1.03. The van der Waals surface area contributed by atoms with Gasteiger partial charge in [-0.15, -0.1) is 15.3 Å². The van der Waals surface area contributed by atoms with E-state index >= 15 is 0 Å². The minimum Gasteiger partial charge on any atom is -0.494 e. The lowest BCUT2D eigenvalue weighted by Crippen LogP contribution is -2.38. The average molecular weight is 914 g/mol. The van der Waals surface area contributed by atoms with E-state index < -0.39 is 0 Å². The normalized spacial score (nSPS) is 13.0. The zero-order valence-corrected chi connectivity index (χ0v) is 38.4. The second kappa shape index (κ2) is 17.4. The molecule has 9 aromatic carbocycles. The molecule has 11 nitrogen and oxygen atoms in total. The summed E-state index contributed by atoms with van der Waals surface area (Å²) in [6.07, 6.45) is 0.882. The second-order valence-electron chi connectivity index (χ2n) is 16.7. The van der Waals surface area contributed by atoms with Crippen LogP contribution in [0.1, 0.15) is 31.8 Å². The minimum atomic E-state index is -0.335. The molecule has 0 aliphatic heterocycles. The van der Waals surface area contributed by atoms with Crippen LogP contribution in [0, 0.1) is 6.92 Å². The number of ketones is 1. The van der Waals surface area contributed by atoms with Crippen LogP contribution in [0.15, 0.2) is 178 Å². The quantitative estimate of drug-likeness (QED) is 0.0726. The molecule has 2 amide bonds. The van der Waals surface area contributed by atoms with Crippen LogP contribution < -0.4 is 18.9 Å². The number of carbonyl (C=O) groups is 3. The van der Waals surface area contributed by atoms with Crippen LogP contribution >= 0.6 is 11.6 Å². The second-order valence-corrected chi connectivity index (χ2v) is 17.1. The lowest BCUT2D eigenvalue weighted by atomic mass is 9.82. The van der Waals surface area contributed by atoms with Gasteiger partial charge in [-0.05, 0) is 70.8 Å². The van der Waals surface area contributed by atoms with Crippen LogP contribution in [0.25, 0.3) is 43.4 Å². The molecule has 12 heteroatoms. The highest BCUT2D eigenvalue weighted by atomic mass is 35.5. The third-order valence-corrected chi connectivity index (χ3v) is 13.0. The van der Waals surface area contributed by atoms with Crippen molar-refractivity contribution in [1.29, 1.82) is 0 Å². The highest BCUT2D eigenvalue weighted by Crippen LogP contribution is 2.50. The van der Waals surface area contributed by atoms with Gasteiger partial charge in [-0.3, -0.25) is 9.59 Å². The summed E-state index contributed by atoms with van der Waals surface area (Å²) in [5.41, 5.74) is 7.62. The van der Waals surface area contributed by atoms with Gasteiger partial charge in [0.2, 0.25) is 5.75 Å². The van der Waals surface area contributed by atoms with E-state index in [1.165, 1.54) is 12.0 Å². The predicted octanol–water partition coefficient (Wildman–Crippen LogP) is 14.9. The molecule has 332 valence electrons. The SMILES string of the molecule is COc1c(C(=O)N(C)c2ccccc2Cl)cc2ccccc2c1N=Nc1ccc2c3c(cccc13)C(=O)c1cc(N=Nc3c(OC)c([N+](C)(C=O)c4cccc(C)c4)cc4ccccc34)ccc1-2. The van der Waals surface area contributed by atoms with Gasteiger partial charge < -0.3 is 14.4 Å². The van der Waals surface area contributed by atoms with Crippen molar-refractivity contribution in [3.8, 4) is 22.6 Å². The number of hydrogen-bond donors (Lipinski definition) is 0. The fourth-order valence-electron chi connectivity index (χ4n) is 9.17. The Bertz CT molecular complexity index is 3640. The number of quaternary nitrogens is 1. The standard InChI is InChI=1S/C56H42ClN6O5/c1-33-14-12-17-37(28-33)63(3,32-64)49-30-35-16-7-9-19-39(35)52(55(49)68-5)60-58-36-24-25-40-41-26-27-47(42-20-13-21-43(50(41)42)53(65)44(40)31-36)59-61-51-38-18-8-6-15-34(38)29-45(54(51)67-4)56(66)62(2)48-23-11-10-22-46(48)57/h6-32H,1-5H3/q+1. The molecule has 0 saturated carbocycles. The predicted molar refractivity (Wildman–Crippen MR) is 271 cm³/mol. The number of fused-ring (bicyclic) bond motifs is 4. The molecule has 1 aliphatic carbocycles. The molecule has 68 heavy (non-hydrogen) atoms. The Kier molecular flexibility index (Phi) is 11.2. The number of nitrogens with zero attached hydrogens (tertiary/aromatic N) is 6. The summed E-state index contributed by atoms with van der Waals surface area (Å²) in [5.74, 6) is 0.155. The van der Waals surface area contributed by atoms with Crippen LogP contribution in [0.2, 0.25) is 5.02 Å². The highest BCUT2D eigenvalue weighted by molar-refractivity contribution is 6.34. The topological polar surface area (TPSA) is 122 Å². The van der Waals surface area contributed by atoms with Crippen LogP contribution in [-0.2, 0) is 4.79 Å². The molecule has 0 saturated heterocycles. The molecule has 0 radical (unpaired) electrons. The van der Waals surface area contributed by atoms with E-state index in [0.29, 0.717) is 61.6 Å². The maximum Gasteiger partial charge on any atom is 0.311 e. The molecule has 0 fully saturated rings. The van der Waals surface area contributed by atoms with Crippen molar-refractivity contribution in [2.45, 2.75) is 6.92 Å². The van der Waals surface area contributed by atoms with Crippen molar-refractivity contribution >= 4 is 102 Å². The Labute approximate surface area is 396 Å². The first-order valence-corrected chi connectivity index (χ1v) is 22.1. The zero-order chi connectivity index (χ0) is 47.3. The third-order valence-electron chi connectivity index (χ3n) is 12.7. The number of halogens is 1. The zero-order valence-electron chi connectivity index (χ0n) is 37.7. The Morgan fingerprint density at radius 3 is 2.00 bits per heavy atom. The summed E-state index contributed by atoms with van der Waals surface area (Å²) in [7, 11) is 6.54. The Hall–Kier alpha value is -8.38. The number of methoxy groups -OCH3 is 2. The number of hydrogen-bond acceptors (Lipinski definition) is 9. The van der Waals surface area contributed by atoms with Crippen LogP contribution in [0.4, 0.5) is 39.8 Å². The van der Waals surface area contributed by atoms with Crippen LogP contribution in [0.3, 0.4) is 0 Å². The first-order chi connectivity index (χ1) is 33.0. The maximum absolute atomic E-state index is 14.5. The average Bonchev–Trinajstić information content (AvgIpc) is 3.37. The number of anilines is 1. The summed E-state index contributed by atoms with van der Waals surface area (Å²) in [6, 6.07) is 48.9. The summed E-state index contributed by atoms with van der Waals surface area (Å²) in [5, 5.41) is 24.1. The van der Waals surface area contributed by atoms with Gasteiger partial charge >= 0.3 is 6.41 Å². The van der Waals surface area contributed by atoms with E-state index in [4.69, 9.17) is 41.5 Å². The largest absolute Gasteiger partial charge is 0.494 e. The molecular weight excluding hydrogens is 872 g/mol. The van der Waals surface area contributed by atoms with E-state index in [-0.39, 0.29) is 21.9 Å². The lowest BCUT2D eigenvalue weighted by molar-refractivity contribution is -0.114. The van der Waals surface area contributed by atoms with Gasteiger partial charge in [-0.2, -0.15) is 9.60 Å². The number of azo groups is 2. The molecule has 0 bridgehead atoms. The molecule has 0 aromatic heterocycles. The number of benzene rings is 9. The van der Waals surface area contributed by atoms with Gasteiger partial charge in [-0.1, -0.05) is 115 Å². The minimum absolute atomic E-state index is 0.173. The summed E-state index contributed by atoms with van der Waals surface area (Å²) < 4.78 is 11.8. The van der Waals surface area contributed by atoms with E-state index in [9.17, 15) is 14.4 Å². The van der Waals surface area contributed by atoms with Gasteiger partial charge in [0.1, 0.15) is 17.1 Å². The number of ether oxygens (including phenoxy) is 2. The Morgan fingerprint density at radius 2 is 1.28 bits per heavy atom. The van der Waals surface area contributed by atoms with Crippen LogP contribution in [0.5, 0.6) is 11.5 Å². The molecule has 10 rings (SSSR count). The van der Waals surface area contributed by atoms with E-state index in [0.717, 1.165) is 61.1 Å². The molecule has 1 atom stereocenters. The van der Waals surface area contributed by atoms with Crippen molar-refractivity contribution in [3.63, 3.8) is 0 Å². The van der Waals surface area contributed by atoms with Gasteiger partial charge in [0.25, 0.3) is 5.91 Å². The molecule has 9 aromatic rings. The highest BCUT2D eigenvalue weighted by Gasteiger charge is 2.35. The van der Waals surface area contributed by atoms with Gasteiger partial charge in [0.05, 0.1) is 48.9 Å². The van der Waals surface area contributed by atoms with Gasteiger partial charge in [0.15, 0.2) is 17.2 Å². The number of aryl methyl sites for hydroxylation is 1. The monoisotopic (exact) mass is 913 g/mol. The Morgan fingerprint density at radius 1 is 0.632 bits per heavy atom. The first-order valence-electron chi connectivity index (χ1n) is 21.8. The summed E-state index contributed by atoms with van der Waals surface area (Å²) in [4.78, 5) is 43.1. The molecule has 0 heterocycles. The third kappa shape index (κ3) is 7.25. The fraction of sp³-hybridized carbons (Fsp3) is 0.0893. The molecule has 0 N–H and O–H groups in total. The number of para-hydroxylation sites is 1. The van der Waals surface area contributed by atoms with Crippen molar-refractivity contribution in [3.05, 3.63) is 185 Å². The lowest BCUT2D eigenvalue weighted by Gasteiger charge is -2.28. The summed E-state index contributed by atoms with van der Waals surface area (Å²) >= 11 is 6.49. The van der Waals surface area contributed by atoms with Crippen molar-refractivity contribution in [2.24, 2.45) is 20.5 Å². The fourth-order valence-corrected chi connectivity index (χ4v) is 9.43. The number of rotatable bonds is 11. The first kappa shape index (κ1) is 43.5. The van der Waals surface area contributed by atoms with Crippen molar-refractivity contribution < 1.29 is 23.9 Å². The van der Waals surface area contributed by atoms with Crippen molar-refractivity contribution in [2.75, 3.05) is 33.2 Å². The van der Waals surface area contributed by atoms with E-state index in [1.54, 1.807) is 44.5 Å². The van der Waals surface area contributed by atoms with Crippen molar-refractivity contribution in [1.82, 2.24) is 4.48 Å². The number of carbonyl (C=O) groups excluding carboxylic acids is 3. The summed E-state index contributed by atoms with van der Waals surface area (Å²) in [6.45, 7) is 1.99. The molecule has 1 aliphatic rings. The molecule has 1 unspecified atom stereocenters. The smallest absolute Gasteiger partial charge is 0.311 e. The molecule has 0 spiro atoms. The van der Waals surface area contributed by atoms with Crippen LogP contribution in [-0.4, -0.2) is 46.4 Å². The van der Waals surface area contributed by atoms with E-state index in [1.807, 2.05) is 141 Å². The maximum atomic E-state index is 14.5. The van der Waals surface area contributed by atoms with E-state index in [2.05, 4.69) is 0 Å². The van der Waals surface area contributed by atoms with Gasteiger partial charge in [0, 0.05) is 57.9 Å². The number of amides is 2.